The molecule has 1 fully saturated rings. The van der Waals surface area contributed by atoms with Crippen LogP contribution < -0.4 is 14.2 Å². The maximum atomic E-state index is 13.8. The molecule has 2 aromatic carbocycles. The third-order valence-corrected chi connectivity index (χ3v) is 6.52. The van der Waals surface area contributed by atoms with Crippen LogP contribution >= 0.6 is 0 Å². The molecule has 0 radical (unpaired) electrons. The summed E-state index contributed by atoms with van der Waals surface area (Å²) in [5.74, 6) is 1.69. The molecule has 1 saturated carbocycles. The highest BCUT2D eigenvalue weighted by Gasteiger charge is 2.27. The minimum absolute atomic E-state index is 0.0664. The monoisotopic (exact) mass is 448 g/mol. The molecule has 174 valence electrons. The van der Waals surface area contributed by atoms with Crippen molar-refractivity contribution in [2.45, 2.75) is 45.1 Å². The number of hydrogen-bond donors (Lipinski definition) is 0. The predicted octanol–water partition coefficient (Wildman–Crippen LogP) is 5.72. The molecule has 0 saturated heterocycles. The summed E-state index contributed by atoms with van der Waals surface area (Å²) in [4.78, 5) is 20.8. The van der Waals surface area contributed by atoms with Gasteiger partial charge in [-0.25, -0.2) is 4.98 Å². The predicted molar refractivity (Wildman–Crippen MR) is 130 cm³/mol. The maximum Gasteiger partial charge on any atom is 0.254 e. The van der Waals surface area contributed by atoms with Crippen molar-refractivity contribution < 1.29 is 19.0 Å². The van der Waals surface area contributed by atoms with Gasteiger partial charge in [0, 0.05) is 23.5 Å². The van der Waals surface area contributed by atoms with E-state index in [-0.39, 0.29) is 5.91 Å². The highest BCUT2D eigenvalue weighted by molar-refractivity contribution is 6.07. The Morgan fingerprint density at radius 2 is 1.64 bits per heavy atom. The summed E-state index contributed by atoms with van der Waals surface area (Å²) in [6.07, 6.45) is 5.76. The van der Waals surface area contributed by atoms with Crippen molar-refractivity contribution >= 4 is 16.8 Å². The van der Waals surface area contributed by atoms with Crippen LogP contribution in [0.25, 0.3) is 22.2 Å². The van der Waals surface area contributed by atoms with Gasteiger partial charge in [-0.1, -0.05) is 37.5 Å². The summed E-state index contributed by atoms with van der Waals surface area (Å²) in [6, 6.07) is 13.8. The number of methoxy groups -OCH3 is 3. The Kier molecular flexibility index (Phi) is 7.02. The van der Waals surface area contributed by atoms with Crippen LogP contribution in [0.5, 0.6) is 17.2 Å². The van der Waals surface area contributed by atoms with Gasteiger partial charge in [-0.15, -0.1) is 0 Å². The van der Waals surface area contributed by atoms with Crippen LogP contribution in [0.2, 0.25) is 0 Å². The average Bonchev–Trinajstić information content (AvgIpc) is 2.88. The van der Waals surface area contributed by atoms with Crippen LogP contribution in [0.4, 0.5) is 0 Å². The zero-order valence-electron chi connectivity index (χ0n) is 19.9. The van der Waals surface area contributed by atoms with Crippen LogP contribution in [0, 0.1) is 0 Å². The van der Waals surface area contributed by atoms with Crippen molar-refractivity contribution in [3.05, 3.63) is 48.0 Å². The van der Waals surface area contributed by atoms with E-state index in [0.717, 1.165) is 29.3 Å². The largest absolute Gasteiger partial charge is 0.493 e. The molecule has 1 aliphatic carbocycles. The van der Waals surface area contributed by atoms with Crippen LogP contribution in [0.3, 0.4) is 0 Å². The Morgan fingerprint density at radius 3 is 2.24 bits per heavy atom. The van der Waals surface area contributed by atoms with Crippen molar-refractivity contribution in [3.63, 3.8) is 0 Å². The van der Waals surface area contributed by atoms with Crippen LogP contribution in [0.1, 0.15) is 49.4 Å². The number of fused-ring (bicyclic) bond motifs is 1. The minimum atomic E-state index is 0.0664. The number of hydrogen-bond acceptors (Lipinski definition) is 5. The van der Waals surface area contributed by atoms with Gasteiger partial charge in [-0.3, -0.25) is 4.79 Å². The zero-order valence-corrected chi connectivity index (χ0v) is 19.9. The Balaban J connectivity index is 1.85. The number of aromatic nitrogens is 1. The van der Waals surface area contributed by atoms with Crippen molar-refractivity contribution in [1.82, 2.24) is 9.88 Å². The van der Waals surface area contributed by atoms with Gasteiger partial charge in [-0.05, 0) is 44.0 Å². The molecular formula is C27H32N2O4. The van der Waals surface area contributed by atoms with E-state index in [1.54, 1.807) is 21.3 Å². The first-order valence-corrected chi connectivity index (χ1v) is 11.6. The summed E-state index contributed by atoms with van der Waals surface area (Å²) in [6.45, 7) is 2.76. The Morgan fingerprint density at radius 1 is 0.970 bits per heavy atom. The second-order valence-electron chi connectivity index (χ2n) is 8.37. The number of rotatable bonds is 7. The number of pyridine rings is 1. The molecule has 4 rings (SSSR count). The zero-order chi connectivity index (χ0) is 23.4. The summed E-state index contributed by atoms with van der Waals surface area (Å²) >= 11 is 0. The Bertz CT molecular complexity index is 1110. The first-order chi connectivity index (χ1) is 16.1. The Labute approximate surface area is 195 Å². The highest BCUT2D eigenvalue weighted by atomic mass is 16.5. The van der Waals surface area contributed by atoms with E-state index in [1.807, 2.05) is 47.4 Å². The van der Waals surface area contributed by atoms with E-state index >= 15 is 0 Å². The maximum absolute atomic E-state index is 13.8. The molecule has 6 nitrogen and oxygen atoms in total. The lowest BCUT2D eigenvalue weighted by molar-refractivity contribution is 0.0650. The lowest BCUT2D eigenvalue weighted by Gasteiger charge is -2.34. The summed E-state index contributed by atoms with van der Waals surface area (Å²) in [5, 5.41) is 0.868. The summed E-state index contributed by atoms with van der Waals surface area (Å²) in [5.41, 5.74) is 2.95. The molecule has 3 aromatic rings. The molecule has 1 amide bonds. The van der Waals surface area contributed by atoms with E-state index in [1.165, 1.54) is 19.3 Å². The van der Waals surface area contributed by atoms with E-state index < -0.39 is 0 Å². The molecule has 6 heteroatoms. The topological polar surface area (TPSA) is 60.9 Å². The molecule has 0 bridgehead atoms. The molecule has 1 aliphatic rings. The van der Waals surface area contributed by atoms with Crippen molar-refractivity contribution in [2.75, 3.05) is 27.9 Å². The van der Waals surface area contributed by atoms with Gasteiger partial charge in [0.25, 0.3) is 5.91 Å². The molecule has 1 heterocycles. The molecule has 1 aromatic heterocycles. The molecule has 0 aliphatic heterocycles. The number of carbonyl (C=O) groups is 1. The average molecular weight is 449 g/mol. The third-order valence-electron chi connectivity index (χ3n) is 6.52. The molecular weight excluding hydrogens is 416 g/mol. The molecule has 33 heavy (non-hydrogen) atoms. The molecule has 0 unspecified atom stereocenters. The standard InChI is InChI=1S/C27H32N2O4/c1-5-29(19-11-7-6-8-12-19)27(30)21-17-23(28-22-14-10-9-13-20(21)22)18-15-24(31-2)26(33-4)25(16-18)32-3/h9-10,13-17,19H,5-8,11-12H2,1-4H3. The number of carbonyl (C=O) groups excluding carboxylic acids is 1. The third kappa shape index (κ3) is 4.47. The quantitative estimate of drug-likeness (QED) is 0.462. The van der Waals surface area contributed by atoms with Gasteiger partial charge >= 0.3 is 0 Å². The number of para-hydroxylation sites is 1. The van der Waals surface area contributed by atoms with Gasteiger partial charge in [0.15, 0.2) is 11.5 Å². The molecule has 0 N–H and O–H groups in total. The van der Waals surface area contributed by atoms with Crippen molar-refractivity contribution in [3.8, 4) is 28.5 Å². The van der Waals surface area contributed by atoms with Crippen LogP contribution in [-0.2, 0) is 0 Å². The second kappa shape index (κ2) is 10.1. The van der Waals surface area contributed by atoms with E-state index in [4.69, 9.17) is 19.2 Å². The number of amides is 1. The van der Waals surface area contributed by atoms with Gasteiger partial charge in [0.2, 0.25) is 5.75 Å². The van der Waals surface area contributed by atoms with Crippen LogP contribution in [-0.4, -0.2) is 49.7 Å². The number of benzene rings is 2. The first-order valence-electron chi connectivity index (χ1n) is 11.6. The fourth-order valence-corrected chi connectivity index (χ4v) is 4.84. The SMILES string of the molecule is CCN(C(=O)c1cc(-c2cc(OC)c(OC)c(OC)c2)nc2ccccc12)C1CCCCC1. The van der Waals surface area contributed by atoms with Gasteiger partial charge in [-0.2, -0.15) is 0 Å². The number of nitrogens with zero attached hydrogens (tertiary/aromatic N) is 2. The first kappa shape index (κ1) is 22.9. The van der Waals surface area contributed by atoms with E-state index in [2.05, 4.69) is 6.92 Å². The highest BCUT2D eigenvalue weighted by Crippen LogP contribution is 2.41. The lowest BCUT2D eigenvalue weighted by atomic mass is 9.93. The van der Waals surface area contributed by atoms with Crippen molar-refractivity contribution in [1.29, 1.82) is 0 Å². The molecule has 0 spiro atoms. The fraction of sp³-hybridized carbons (Fsp3) is 0.407. The fourth-order valence-electron chi connectivity index (χ4n) is 4.84. The minimum Gasteiger partial charge on any atom is -0.493 e. The number of ether oxygens (including phenoxy) is 3. The normalized spacial score (nSPS) is 14.2. The van der Waals surface area contributed by atoms with E-state index in [0.29, 0.717) is 41.1 Å². The Hall–Kier alpha value is -3.28. The van der Waals surface area contributed by atoms with Gasteiger partial charge in [0.05, 0.1) is 38.1 Å². The van der Waals surface area contributed by atoms with E-state index in [9.17, 15) is 4.79 Å². The summed E-state index contributed by atoms with van der Waals surface area (Å²) < 4.78 is 16.5. The second-order valence-corrected chi connectivity index (χ2v) is 8.37. The summed E-state index contributed by atoms with van der Waals surface area (Å²) in [7, 11) is 4.76. The smallest absolute Gasteiger partial charge is 0.254 e. The lowest BCUT2D eigenvalue weighted by Crippen LogP contribution is -2.41. The van der Waals surface area contributed by atoms with Gasteiger partial charge in [0.1, 0.15) is 0 Å². The van der Waals surface area contributed by atoms with Crippen molar-refractivity contribution in [2.24, 2.45) is 0 Å². The molecule has 0 atom stereocenters. The van der Waals surface area contributed by atoms with Gasteiger partial charge < -0.3 is 19.1 Å². The van der Waals surface area contributed by atoms with Crippen LogP contribution in [0.15, 0.2) is 42.5 Å².